The maximum atomic E-state index is 13.2. The number of hydrogen-bond acceptors (Lipinski definition) is 2. The van der Waals surface area contributed by atoms with Crippen LogP contribution in [0.2, 0.25) is 0 Å². The minimum Gasteiger partial charge on any atom is -0.292 e. The van der Waals surface area contributed by atoms with E-state index in [2.05, 4.69) is 4.98 Å². The van der Waals surface area contributed by atoms with Gasteiger partial charge in [-0.2, -0.15) is 0 Å². The summed E-state index contributed by atoms with van der Waals surface area (Å²) in [6.07, 6.45) is 3.51. The number of benzene rings is 2. The average molecular weight is 289 g/mol. The second-order valence-corrected chi connectivity index (χ2v) is 4.98. The third-order valence-corrected chi connectivity index (χ3v) is 3.57. The fourth-order valence-corrected chi connectivity index (χ4v) is 2.57. The largest absolute Gasteiger partial charge is 0.292 e. The Labute approximate surface area is 126 Å². The van der Waals surface area contributed by atoms with E-state index in [1.807, 2.05) is 41.0 Å². The highest BCUT2D eigenvalue weighted by atomic mass is 19.1. The Morgan fingerprint density at radius 2 is 1.68 bits per heavy atom. The Balaban J connectivity index is 2.04. The molecule has 0 spiro atoms. The molecule has 0 N–H and O–H groups in total. The van der Waals surface area contributed by atoms with Gasteiger partial charge in [0.15, 0.2) is 0 Å². The summed E-state index contributed by atoms with van der Waals surface area (Å²) in [7, 11) is 0. The zero-order valence-corrected chi connectivity index (χ0v) is 11.6. The molecule has 0 aliphatic carbocycles. The van der Waals surface area contributed by atoms with E-state index >= 15 is 0 Å². The summed E-state index contributed by atoms with van der Waals surface area (Å²) in [6, 6.07) is 18.2. The van der Waals surface area contributed by atoms with Crippen molar-refractivity contribution in [3.05, 3.63) is 78.9 Å². The quantitative estimate of drug-likeness (QED) is 0.553. The predicted octanol–water partition coefficient (Wildman–Crippen LogP) is 4.23. The summed E-state index contributed by atoms with van der Waals surface area (Å²) in [5, 5.41) is 0. The minimum atomic E-state index is -0.254. The summed E-state index contributed by atoms with van der Waals surface area (Å²) in [5.41, 5.74) is 3.66. The molecule has 0 aliphatic rings. The Hall–Kier alpha value is -3.01. The Morgan fingerprint density at radius 3 is 2.45 bits per heavy atom. The Morgan fingerprint density at radius 1 is 0.864 bits per heavy atom. The molecule has 0 fully saturated rings. The van der Waals surface area contributed by atoms with Crippen LogP contribution >= 0.6 is 0 Å². The van der Waals surface area contributed by atoms with Crippen LogP contribution in [0.15, 0.2) is 73.1 Å². The maximum Gasteiger partial charge on any atom is 0.147 e. The van der Waals surface area contributed by atoms with E-state index in [0.29, 0.717) is 0 Å². The molecule has 2 aromatic carbocycles. The van der Waals surface area contributed by atoms with Gasteiger partial charge in [-0.15, -0.1) is 0 Å². The van der Waals surface area contributed by atoms with Gasteiger partial charge in [-0.05, 0) is 48.5 Å². The van der Waals surface area contributed by atoms with Gasteiger partial charge >= 0.3 is 0 Å². The van der Waals surface area contributed by atoms with Crippen LogP contribution in [0.1, 0.15) is 0 Å². The van der Waals surface area contributed by atoms with Crippen molar-refractivity contribution in [2.75, 3.05) is 0 Å². The molecule has 3 nitrogen and oxygen atoms in total. The smallest absolute Gasteiger partial charge is 0.147 e. The van der Waals surface area contributed by atoms with Gasteiger partial charge in [0, 0.05) is 23.6 Å². The van der Waals surface area contributed by atoms with E-state index in [1.165, 1.54) is 12.1 Å². The van der Waals surface area contributed by atoms with E-state index < -0.39 is 0 Å². The molecule has 0 amide bonds. The van der Waals surface area contributed by atoms with Gasteiger partial charge in [-0.25, -0.2) is 9.37 Å². The van der Waals surface area contributed by atoms with Gasteiger partial charge in [0.2, 0.25) is 0 Å². The lowest BCUT2D eigenvalue weighted by Gasteiger charge is -2.09. The number of fused-ring (bicyclic) bond motifs is 1. The molecule has 106 valence electrons. The number of para-hydroxylation sites is 2. The summed E-state index contributed by atoms with van der Waals surface area (Å²) >= 11 is 0. The second-order valence-electron chi connectivity index (χ2n) is 4.98. The van der Waals surface area contributed by atoms with Gasteiger partial charge in [0.1, 0.15) is 11.6 Å². The lowest BCUT2D eigenvalue weighted by atomic mass is 10.2. The van der Waals surface area contributed by atoms with Crippen molar-refractivity contribution in [2.24, 2.45) is 0 Å². The van der Waals surface area contributed by atoms with Crippen LogP contribution < -0.4 is 0 Å². The SMILES string of the molecule is Fc1ccc(-n2c(-c3cccnc3)nc3ccccc32)cc1. The first-order valence-electron chi connectivity index (χ1n) is 6.97. The van der Waals surface area contributed by atoms with Crippen molar-refractivity contribution >= 4 is 11.0 Å². The number of halogens is 1. The molecular weight excluding hydrogens is 277 g/mol. The van der Waals surface area contributed by atoms with Crippen molar-refractivity contribution in [2.45, 2.75) is 0 Å². The summed E-state index contributed by atoms with van der Waals surface area (Å²) in [6.45, 7) is 0. The molecule has 0 saturated carbocycles. The molecule has 2 aromatic heterocycles. The maximum absolute atomic E-state index is 13.2. The highest BCUT2D eigenvalue weighted by Crippen LogP contribution is 2.28. The van der Waals surface area contributed by atoms with E-state index in [9.17, 15) is 4.39 Å². The van der Waals surface area contributed by atoms with Crippen LogP contribution in [0, 0.1) is 5.82 Å². The van der Waals surface area contributed by atoms with E-state index in [0.717, 1.165) is 28.1 Å². The monoisotopic (exact) mass is 289 g/mol. The van der Waals surface area contributed by atoms with Crippen molar-refractivity contribution in [1.29, 1.82) is 0 Å². The number of aromatic nitrogens is 3. The number of nitrogens with zero attached hydrogens (tertiary/aromatic N) is 3. The molecule has 0 bridgehead atoms. The Kier molecular flexibility index (Phi) is 2.93. The van der Waals surface area contributed by atoms with E-state index in [4.69, 9.17) is 4.98 Å². The molecular formula is C18H12FN3. The molecule has 0 unspecified atom stereocenters. The number of imidazole rings is 1. The third-order valence-electron chi connectivity index (χ3n) is 3.57. The highest BCUT2D eigenvalue weighted by Gasteiger charge is 2.13. The molecule has 4 heteroatoms. The lowest BCUT2D eigenvalue weighted by molar-refractivity contribution is 0.627. The minimum absolute atomic E-state index is 0.254. The first-order valence-corrected chi connectivity index (χ1v) is 6.97. The van der Waals surface area contributed by atoms with Crippen LogP contribution in [0.4, 0.5) is 4.39 Å². The second kappa shape index (κ2) is 5.07. The van der Waals surface area contributed by atoms with Crippen molar-refractivity contribution in [3.8, 4) is 17.1 Å². The molecule has 0 saturated heterocycles. The van der Waals surface area contributed by atoms with Gasteiger partial charge < -0.3 is 0 Å². The van der Waals surface area contributed by atoms with E-state index in [1.54, 1.807) is 24.5 Å². The van der Waals surface area contributed by atoms with Crippen LogP contribution in [-0.4, -0.2) is 14.5 Å². The summed E-state index contributed by atoms with van der Waals surface area (Å²) in [5.74, 6) is 0.539. The summed E-state index contributed by atoms with van der Waals surface area (Å²) < 4.78 is 15.3. The third kappa shape index (κ3) is 2.05. The number of hydrogen-bond donors (Lipinski definition) is 0. The van der Waals surface area contributed by atoms with Crippen LogP contribution in [0.25, 0.3) is 28.1 Å². The number of pyridine rings is 1. The average Bonchev–Trinajstić information content (AvgIpc) is 2.96. The zero-order valence-electron chi connectivity index (χ0n) is 11.6. The van der Waals surface area contributed by atoms with Crippen LogP contribution in [0.5, 0.6) is 0 Å². The predicted molar refractivity (Wildman–Crippen MR) is 84.3 cm³/mol. The van der Waals surface area contributed by atoms with Gasteiger partial charge in [0.05, 0.1) is 11.0 Å². The van der Waals surface area contributed by atoms with Crippen LogP contribution in [-0.2, 0) is 0 Å². The van der Waals surface area contributed by atoms with Crippen molar-refractivity contribution in [3.63, 3.8) is 0 Å². The standard InChI is InChI=1S/C18H12FN3/c19-14-7-9-15(10-8-14)22-17-6-2-1-5-16(17)21-18(22)13-4-3-11-20-12-13/h1-12H. The van der Waals surface area contributed by atoms with Crippen molar-refractivity contribution in [1.82, 2.24) is 14.5 Å². The molecule has 0 aliphatic heterocycles. The molecule has 0 atom stereocenters. The highest BCUT2D eigenvalue weighted by molar-refractivity contribution is 5.83. The van der Waals surface area contributed by atoms with Crippen molar-refractivity contribution < 1.29 is 4.39 Å². The number of rotatable bonds is 2. The summed E-state index contributed by atoms with van der Waals surface area (Å²) in [4.78, 5) is 8.88. The van der Waals surface area contributed by atoms with Gasteiger partial charge in [0.25, 0.3) is 0 Å². The normalized spacial score (nSPS) is 11.0. The van der Waals surface area contributed by atoms with Crippen LogP contribution in [0.3, 0.4) is 0 Å². The first-order chi connectivity index (χ1) is 10.8. The molecule has 4 rings (SSSR count). The lowest BCUT2D eigenvalue weighted by Crippen LogP contribution is -1.97. The fourth-order valence-electron chi connectivity index (χ4n) is 2.57. The van der Waals surface area contributed by atoms with Gasteiger partial charge in [-0.1, -0.05) is 12.1 Å². The molecule has 4 aromatic rings. The van der Waals surface area contributed by atoms with E-state index in [-0.39, 0.29) is 5.82 Å². The Bertz CT molecular complexity index is 928. The first kappa shape index (κ1) is 12.7. The van der Waals surface area contributed by atoms with Gasteiger partial charge in [-0.3, -0.25) is 9.55 Å². The molecule has 22 heavy (non-hydrogen) atoms. The molecule has 0 radical (unpaired) electrons. The molecule has 2 heterocycles. The zero-order chi connectivity index (χ0) is 14.9. The fraction of sp³-hybridized carbons (Fsp3) is 0. The topological polar surface area (TPSA) is 30.7 Å².